The van der Waals surface area contributed by atoms with Crippen molar-refractivity contribution in [2.24, 2.45) is 0 Å². The first-order valence-corrected chi connectivity index (χ1v) is 7.09. The van der Waals surface area contributed by atoms with Gasteiger partial charge in [0, 0.05) is 17.1 Å². The van der Waals surface area contributed by atoms with Gasteiger partial charge in [0.15, 0.2) is 0 Å². The molecule has 0 radical (unpaired) electrons. The molecule has 2 nitrogen and oxygen atoms in total. The Labute approximate surface area is 112 Å². The van der Waals surface area contributed by atoms with E-state index in [1.165, 1.54) is 18.4 Å². The highest BCUT2D eigenvalue weighted by atomic mass is 79.9. The lowest BCUT2D eigenvalue weighted by molar-refractivity contribution is 0.00692. The second-order valence-electron chi connectivity index (χ2n) is 4.91. The zero-order chi connectivity index (χ0) is 12.3. The molecule has 0 heterocycles. The molecule has 0 aromatic heterocycles. The average Bonchev–Trinajstić information content (AvgIpc) is 3.09. The summed E-state index contributed by atoms with van der Waals surface area (Å²) in [6.45, 7) is 5.08. The Morgan fingerprint density at radius 1 is 1.29 bits per heavy atom. The summed E-state index contributed by atoms with van der Waals surface area (Å²) in [4.78, 5) is 0. The van der Waals surface area contributed by atoms with Gasteiger partial charge in [-0.25, -0.2) is 0 Å². The zero-order valence-electron chi connectivity index (χ0n) is 10.4. The molecule has 1 aromatic rings. The Morgan fingerprint density at radius 2 is 1.94 bits per heavy atom. The maximum Gasteiger partial charge on any atom is 0.0952 e. The molecule has 1 N–H and O–H groups in total. The molecule has 1 aliphatic carbocycles. The van der Waals surface area contributed by atoms with E-state index >= 15 is 0 Å². The molecule has 17 heavy (non-hydrogen) atoms. The predicted octanol–water partition coefficient (Wildman–Crippen LogP) is 3.67. The number of halogens is 1. The van der Waals surface area contributed by atoms with Gasteiger partial charge in [0.25, 0.3) is 0 Å². The molecule has 1 aromatic carbocycles. The molecular weight excluding hydrogens is 278 g/mol. The summed E-state index contributed by atoms with van der Waals surface area (Å²) >= 11 is 3.46. The van der Waals surface area contributed by atoms with Gasteiger partial charge in [0.1, 0.15) is 0 Å². The van der Waals surface area contributed by atoms with Crippen LogP contribution in [0, 0.1) is 0 Å². The molecule has 0 spiro atoms. The Kier molecular flexibility index (Phi) is 4.60. The number of rotatable bonds is 6. The quantitative estimate of drug-likeness (QED) is 0.865. The molecule has 3 heteroatoms. The van der Waals surface area contributed by atoms with Crippen LogP contribution in [0.1, 0.15) is 38.4 Å². The van der Waals surface area contributed by atoms with Crippen LogP contribution in [-0.2, 0) is 4.74 Å². The molecule has 1 unspecified atom stereocenters. The summed E-state index contributed by atoms with van der Waals surface area (Å²) in [6, 6.07) is 9.13. The number of benzene rings is 1. The summed E-state index contributed by atoms with van der Waals surface area (Å²) in [5.41, 5.74) is 1.25. The lowest BCUT2D eigenvalue weighted by atomic mass is 10.1. The van der Waals surface area contributed by atoms with Crippen molar-refractivity contribution in [2.45, 2.75) is 44.9 Å². The number of ether oxygens (including phenoxy) is 1. The van der Waals surface area contributed by atoms with Crippen LogP contribution in [0.2, 0.25) is 0 Å². The van der Waals surface area contributed by atoms with Crippen LogP contribution in [0.5, 0.6) is 0 Å². The van der Waals surface area contributed by atoms with E-state index in [0.717, 1.165) is 17.1 Å². The molecule has 2 rings (SSSR count). The van der Waals surface area contributed by atoms with E-state index in [0.29, 0.717) is 0 Å². The Morgan fingerprint density at radius 3 is 2.47 bits per heavy atom. The second-order valence-corrected chi connectivity index (χ2v) is 5.82. The van der Waals surface area contributed by atoms with Crippen LogP contribution >= 0.6 is 15.9 Å². The van der Waals surface area contributed by atoms with Crippen molar-refractivity contribution in [1.29, 1.82) is 0 Å². The minimum atomic E-state index is 0.156. The van der Waals surface area contributed by atoms with Crippen LogP contribution in [0.4, 0.5) is 0 Å². The molecular formula is C14H20BrNO. The van der Waals surface area contributed by atoms with Gasteiger partial charge in [-0.05, 0) is 44.4 Å². The van der Waals surface area contributed by atoms with E-state index in [9.17, 15) is 0 Å². The zero-order valence-corrected chi connectivity index (χ0v) is 12.0. The minimum absolute atomic E-state index is 0.156. The summed E-state index contributed by atoms with van der Waals surface area (Å²) in [5, 5.41) is 3.54. The van der Waals surface area contributed by atoms with Crippen LogP contribution < -0.4 is 5.32 Å². The predicted molar refractivity (Wildman–Crippen MR) is 74.1 cm³/mol. The minimum Gasteiger partial charge on any atom is -0.370 e. The third kappa shape index (κ3) is 4.41. The number of nitrogens with one attached hydrogen (secondary N) is 1. The largest absolute Gasteiger partial charge is 0.370 e. The molecule has 0 saturated heterocycles. The first-order chi connectivity index (χ1) is 8.15. The smallest absolute Gasteiger partial charge is 0.0952 e. The Bertz CT molecular complexity index is 346. The molecule has 1 atom stereocenters. The maximum atomic E-state index is 5.98. The van der Waals surface area contributed by atoms with Gasteiger partial charge in [0.2, 0.25) is 0 Å². The van der Waals surface area contributed by atoms with Gasteiger partial charge in [-0.15, -0.1) is 0 Å². The molecule has 1 fully saturated rings. The maximum absolute atomic E-state index is 5.98. The Balaban J connectivity index is 1.99. The van der Waals surface area contributed by atoms with Gasteiger partial charge < -0.3 is 10.1 Å². The van der Waals surface area contributed by atoms with Crippen molar-refractivity contribution in [2.75, 3.05) is 6.54 Å². The first kappa shape index (κ1) is 13.1. The fourth-order valence-corrected chi connectivity index (χ4v) is 2.08. The molecule has 0 bridgehead atoms. The Hall–Kier alpha value is -0.380. The van der Waals surface area contributed by atoms with Crippen molar-refractivity contribution in [3.05, 3.63) is 34.3 Å². The van der Waals surface area contributed by atoms with Gasteiger partial charge >= 0.3 is 0 Å². The van der Waals surface area contributed by atoms with Crippen molar-refractivity contribution in [3.63, 3.8) is 0 Å². The van der Waals surface area contributed by atoms with Gasteiger partial charge in [-0.3, -0.25) is 0 Å². The van der Waals surface area contributed by atoms with E-state index in [1.54, 1.807) is 0 Å². The molecule has 1 aliphatic rings. The van der Waals surface area contributed by atoms with E-state index < -0.39 is 0 Å². The second kappa shape index (κ2) is 5.98. The third-order valence-corrected chi connectivity index (χ3v) is 3.38. The normalized spacial score (nSPS) is 17.4. The fraction of sp³-hybridized carbons (Fsp3) is 0.571. The lowest BCUT2D eigenvalue weighted by Crippen LogP contribution is -2.26. The summed E-state index contributed by atoms with van der Waals surface area (Å²) < 4.78 is 7.09. The number of hydrogen-bond donors (Lipinski definition) is 1. The highest BCUT2D eigenvalue weighted by Gasteiger charge is 2.23. The summed E-state index contributed by atoms with van der Waals surface area (Å²) in [6.07, 6.45) is 3.04. The van der Waals surface area contributed by atoms with Gasteiger partial charge in [-0.2, -0.15) is 0 Å². The van der Waals surface area contributed by atoms with Crippen LogP contribution in [0.3, 0.4) is 0 Å². The van der Waals surface area contributed by atoms with Crippen LogP contribution in [-0.4, -0.2) is 18.7 Å². The van der Waals surface area contributed by atoms with E-state index in [-0.39, 0.29) is 12.2 Å². The average molecular weight is 298 g/mol. The standard InChI is InChI=1S/C14H20BrNO/c1-10(2)17-14(9-16-13-7-8-13)11-3-5-12(15)6-4-11/h3-6,10,13-14,16H,7-9H2,1-2H3. The van der Waals surface area contributed by atoms with E-state index in [4.69, 9.17) is 4.74 Å². The molecule has 0 aliphatic heterocycles. The van der Waals surface area contributed by atoms with E-state index in [2.05, 4.69) is 59.4 Å². The summed E-state index contributed by atoms with van der Waals surface area (Å²) in [7, 11) is 0. The van der Waals surface area contributed by atoms with Crippen molar-refractivity contribution in [3.8, 4) is 0 Å². The topological polar surface area (TPSA) is 21.3 Å². The summed E-state index contributed by atoms with van der Waals surface area (Å²) in [5.74, 6) is 0. The highest BCUT2D eigenvalue weighted by Crippen LogP contribution is 2.24. The van der Waals surface area contributed by atoms with Gasteiger partial charge in [-0.1, -0.05) is 28.1 Å². The molecule has 94 valence electrons. The third-order valence-electron chi connectivity index (χ3n) is 2.85. The van der Waals surface area contributed by atoms with Crippen molar-refractivity contribution in [1.82, 2.24) is 5.32 Å². The van der Waals surface area contributed by atoms with Crippen LogP contribution in [0.25, 0.3) is 0 Å². The monoisotopic (exact) mass is 297 g/mol. The van der Waals surface area contributed by atoms with Crippen molar-refractivity contribution < 1.29 is 4.74 Å². The number of hydrogen-bond acceptors (Lipinski definition) is 2. The van der Waals surface area contributed by atoms with Crippen LogP contribution in [0.15, 0.2) is 28.7 Å². The van der Waals surface area contributed by atoms with E-state index in [1.807, 2.05) is 0 Å². The SMILES string of the molecule is CC(C)OC(CNC1CC1)c1ccc(Br)cc1. The van der Waals surface area contributed by atoms with Gasteiger partial charge in [0.05, 0.1) is 12.2 Å². The fourth-order valence-electron chi connectivity index (χ4n) is 1.81. The molecule has 0 amide bonds. The molecule has 1 saturated carbocycles. The lowest BCUT2D eigenvalue weighted by Gasteiger charge is -2.21. The first-order valence-electron chi connectivity index (χ1n) is 6.29. The van der Waals surface area contributed by atoms with Crippen molar-refractivity contribution >= 4 is 15.9 Å². The highest BCUT2D eigenvalue weighted by molar-refractivity contribution is 9.10.